The lowest BCUT2D eigenvalue weighted by Crippen LogP contribution is -2.25. The fourth-order valence-corrected chi connectivity index (χ4v) is 2.94. The summed E-state index contributed by atoms with van der Waals surface area (Å²) in [5.74, 6) is 2.12. The van der Waals surface area contributed by atoms with Crippen molar-refractivity contribution in [2.75, 3.05) is 12.3 Å². The number of benzene rings is 1. The summed E-state index contributed by atoms with van der Waals surface area (Å²) in [4.78, 5) is 5.67. The Kier molecular flexibility index (Phi) is 6.26. The average molecular weight is 304 g/mol. The van der Waals surface area contributed by atoms with E-state index in [1.807, 2.05) is 23.5 Å². The van der Waals surface area contributed by atoms with Crippen molar-refractivity contribution in [2.24, 2.45) is 7.05 Å². The van der Waals surface area contributed by atoms with Crippen LogP contribution in [0.4, 0.5) is 0 Å². The summed E-state index contributed by atoms with van der Waals surface area (Å²) < 4.78 is 1.85. The van der Waals surface area contributed by atoms with Gasteiger partial charge in [-0.2, -0.15) is 5.10 Å². The summed E-state index contributed by atoms with van der Waals surface area (Å²) in [6, 6.07) is 9.15. The molecular formula is C16H24N4S. The molecule has 1 unspecified atom stereocenters. The molecule has 0 fully saturated rings. The Hall–Kier alpha value is -1.33. The largest absolute Gasteiger partial charge is 0.310 e. The molecule has 2 rings (SSSR count). The number of nitrogens with zero attached hydrogens (tertiary/aromatic N) is 3. The Morgan fingerprint density at radius 1 is 1.24 bits per heavy atom. The van der Waals surface area contributed by atoms with Crippen LogP contribution in [-0.4, -0.2) is 27.1 Å². The van der Waals surface area contributed by atoms with E-state index in [4.69, 9.17) is 0 Å². The van der Waals surface area contributed by atoms with Crippen LogP contribution in [0.3, 0.4) is 0 Å². The smallest absolute Gasteiger partial charge is 0.138 e. The van der Waals surface area contributed by atoms with Gasteiger partial charge >= 0.3 is 0 Å². The second kappa shape index (κ2) is 8.20. The third kappa shape index (κ3) is 4.58. The van der Waals surface area contributed by atoms with Crippen molar-refractivity contribution < 1.29 is 0 Å². The lowest BCUT2D eigenvalue weighted by Gasteiger charge is -2.19. The van der Waals surface area contributed by atoms with Gasteiger partial charge in [-0.3, -0.25) is 4.68 Å². The van der Waals surface area contributed by atoms with E-state index in [9.17, 15) is 0 Å². The SMILES string of the molecule is CCCNC(Cc1ncnn1C)c1ccc(SCC)cc1. The zero-order valence-corrected chi connectivity index (χ0v) is 13.9. The lowest BCUT2D eigenvalue weighted by molar-refractivity contribution is 0.506. The predicted molar refractivity (Wildman–Crippen MR) is 88.6 cm³/mol. The summed E-state index contributed by atoms with van der Waals surface area (Å²) in [5, 5.41) is 7.77. The van der Waals surface area contributed by atoms with Gasteiger partial charge in [0.25, 0.3) is 0 Å². The highest BCUT2D eigenvalue weighted by Gasteiger charge is 2.14. The van der Waals surface area contributed by atoms with Gasteiger partial charge < -0.3 is 5.32 Å². The van der Waals surface area contributed by atoms with Crippen LogP contribution < -0.4 is 5.32 Å². The second-order valence-electron chi connectivity index (χ2n) is 5.01. The van der Waals surface area contributed by atoms with Gasteiger partial charge in [0.15, 0.2) is 0 Å². The first-order valence-corrected chi connectivity index (χ1v) is 8.52. The lowest BCUT2D eigenvalue weighted by atomic mass is 10.0. The zero-order chi connectivity index (χ0) is 15.1. The van der Waals surface area contributed by atoms with E-state index in [1.165, 1.54) is 10.5 Å². The van der Waals surface area contributed by atoms with Crippen LogP contribution >= 0.6 is 11.8 Å². The van der Waals surface area contributed by atoms with E-state index in [-0.39, 0.29) is 6.04 Å². The minimum atomic E-state index is 0.286. The van der Waals surface area contributed by atoms with Gasteiger partial charge in [0.05, 0.1) is 0 Å². The standard InChI is InChI=1S/C16H24N4S/c1-4-10-17-15(11-16-18-12-19-20(16)3)13-6-8-14(9-7-13)21-5-2/h6-9,12,15,17H,4-5,10-11H2,1-3H3. The van der Waals surface area contributed by atoms with Crippen LogP contribution in [0.2, 0.25) is 0 Å². The van der Waals surface area contributed by atoms with Gasteiger partial charge in [-0.1, -0.05) is 26.0 Å². The van der Waals surface area contributed by atoms with Crippen molar-refractivity contribution in [3.8, 4) is 0 Å². The molecule has 1 atom stereocenters. The van der Waals surface area contributed by atoms with Crippen LogP contribution in [0.5, 0.6) is 0 Å². The Balaban J connectivity index is 2.12. The number of aryl methyl sites for hydroxylation is 1. The number of aromatic nitrogens is 3. The molecule has 1 N–H and O–H groups in total. The van der Waals surface area contributed by atoms with Gasteiger partial charge in [0, 0.05) is 24.4 Å². The van der Waals surface area contributed by atoms with E-state index in [0.29, 0.717) is 0 Å². The number of hydrogen-bond acceptors (Lipinski definition) is 4. The molecule has 0 aliphatic rings. The Morgan fingerprint density at radius 2 is 2.00 bits per heavy atom. The Morgan fingerprint density at radius 3 is 2.57 bits per heavy atom. The van der Waals surface area contributed by atoms with E-state index in [1.54, 1.807) is 6.33 Å². The molecule has 0 radical (unpaired) electrons. The topological polar surface area (TPSA) is 42.7 Å². The Labute approximate surface area is 131 Å². The fourth-order valence-electron chi connectivity index (χ4n) is 2.28. The molecule has 1 aromatic carbocycles. The summed E-state index contributed by atoms with van der Waals surface area (Å²) >= 11 is 1.87. The van der Waals surface area contributed by atoms with Crippen molar-refractivity contribution in [1.82, 2.24) is 20.1 Å². The molecule has 0 aliphatic heterocycles. The van der Waals surface area contributed by atoms with Gasteiger partial charge in [0.1, 0.15) is 12.2 Å². The maximum atomic E-state index is 4.34. The van der Waals surface area contributed by atoms with Crippen molar-refractivity contribution in [3.63, 3.8) is 0 Å². The highest BCUT2D eigenvalue weighted by Crippen LogP contribution is 2.22. The molecule has 21 heavy (non-hydrogen) atoms. The highest BCUT2D eigenvalue weighted by molar-refractivity contribution is 7.99. The summed E-state index contributed by atoms with van der Waals surface area (Å²) in [6.45, 7) is 5.37. The monoisotopic (exact) mass is 304 g/mol. The molecule has 1 heterocycles. The second-order valence-corrected chi connectivity index (χ2v) is 6.35. The van der Waals surface area contributed by atoms with Crippen molar-refractivity contribution in [1.29, 1.82) is 0 Å². The van der Waals surface area contributed by atoms with Gasteiger partial charge in [-0.05, 0) is 36.4 Å². The molecule has 114 valence electrons. The van der Waals surface area contributed by atoms with Crippen LogP contribution in [0.25, 0.3) is 0 Å². The third-order valence-electron chi connectivity index (χ3n) is 3.43. The van der Waals surface area contributed by atoms with Gasteiger partial charge in [0.2, 0.25) is 0 Å². The Bertz CT molecular complexity index is 535. The molecule has 0 saturated carbocycles. The minimum Gasteiger partial charge on any atom is -0.310 e. The van der Waals surface area contributed by atoms with Crippen molar-refractivity contribution in [3.05, 3.63) is 42.0 Å². The molecule has 0 bridgehead atoms. The molecule has 5 heteroatoms. The predicted octanol–water partition coefficient (Wildman–Crippen LogP) is 3.21. The first kappa shape index (κ1) is 16.0. The summed E-state index contributed by atoms with van der Waals surface area (Å²) in [7, 11) is 1.94. The molecule has 0 aliphatic carbocycles. The number of hydrogen-bond donors (Lipinski definition) is 1. The van der Waals surface area contributed by atoms with Crippen LogP contribution in [0.15, 0.2) is 35.5 Å². The first-order chi connectivity index (χ1) is 10.2. The normalized spacial score (nSPS) is 12.5. The number of rotatable bonds is 8. The number of nitrogens with one attached hydrogen (secondary N) is 1. The molecule has 4 nitrogen and oxygen atoms in total. The molecule has 0 amide bonds. The van der Waals surface area contributed by atoms with Gasteiger partial charge in [-0.15, -0.1) is 11.8 Å². The van der Waals surface area contributed by atoms with Gasteiger partial charge in [-0.25, -0.2) is 4.98 Å². The van der Waals surface area contributed by atoms with E-state index < -0.39 is 0 Å². The average Bonchev–Trinajstić information content (AvgIpc) is 2.90. The minimum absolute atomic E-state index is 0.286. The molecule has 0 saturated heterocycles. The maximum absolute atomic E-state index is 4.34. The summed E-state index contributed by atoms with van der Waals surface area (Å²) in [5.41, 5.74) is 1.31. The molecule has 1 aromatic heterocycles. The highest BCUT2D eigenvalue weighted by atomic mass is 32.2. The van der Waals surface area contributed by atoms with E-state index in [0.717, 1.165) is 31.0 Å². The van der Waals surface area contributed by atoms with Crippen LogP contribution in [0, 0.1) is 0 Å². The fraction of sp³-hybridized carbons (Fsp3) is 0.500. The molecule has 0 spiro atoms. The zero-order valence-electron chi connectivity index (χ0n) is 13.0. The molecule has 2 aromatic rings. The van der Waals surface area contributed by atoms with Crippen molar-refractivity contribution in [2.45, 2.75) is 37.6 Å². The van der Waals surface area contributed by atoms with E-state index >= 15 is 0 Å². The van der Waals surface area contributed by atoms with E-state index in [2.05, 4.69) is 53.5 Å². The quantitative estimate of drug-likeness (QED) is 0.761. The number of thioether (sulfide) groups is 1. The van der Waals surface area contributed by atoms with Crippen LogP contribution in [0.1, 0.15) is 37.7 Å². The van der Waals surface area contributed by atoms with Crippen molar-refractivity contribution >= 4 is 11.8 Å². The molecular weight excluding hydrogens is 280 g/mol. The summed E-state index contributed by atoms with van der Waals surface area (Å²) in [6.07, 6.45) is 3.60. The first-order valence-electron chi connectivity index (χ1n) is 7.53. The van der Waals surface area contributed by atoms with Crippen LogP contribution in [-0.2, 0) is 13.5 Å². The third-order valence-corrected chi connectivity index (χ3v) is 4.32. The maximum Gasteiger partial charge on any atom is 0.138 e.